The number of carbonyl (C=O) groups excluding carboxylic acids is 2. The summed E-state index contributed by atoms with van der Waals surface area (Å²) < 4.78 is 12.0. The maximum Gasteiger partial charge on any atom is 0.355 e. The van der Waals surface area contributed by atoms with E-state index in [0.29, 0.717) is 17.8 Å². The van der Waals surface area contributed by atoms with Crippen LogP contribution in [0.5, 0.6) is 0 Å². The number of anilines is 1. The lowest BCUT2D eigenvalue weighted by Gasteiger charge is -2.36. The molecule has 0 fully saturated rings. The summed E-state index contributed by atoms with van der Waals surface area (Å²) in [5.74, 6) is -2.44. The highest BCUT2D eigenvalue weighted by Crippen LogP contribution is 2.43. The molecule has 9 heteroatoms. The third kappa shape index (κ3) is 4.37. The van der Waals surface area contributed by atoms with E-state index in [1.165, 1.54) is 19.1 Å². The van der Waals surface area contributed by atoms with E-state index in [4.69, 9.17) is 15.2 Å². The Morgan fingerprint density at radius 1 is 1.09 bits per heavy atom. The number of benzene rings is 2. The van der Waals surface area contributed by atoms with Gasteiger partial charge in [-0.2, -0.15) is 5.26 Å². The first-order valence-corrected chi connectivity index (χ1v) is 10.7. The van der Waals surface area contributed by atoms with Gasteiger partial charge < -0.3 is 19.8 Å². The first-order chi connectivity index (χ1) is 17.0. The monoisotopic (exact) mass is 469 g/mol. The van der Waals surface area contributed by atoms with E-state index >= 15 is 0 Å². The zero-order valence-corrected chi connectivity index (χ0v) is 19.2. The van der Waals surface area contributed by atoms with E-state index in [2.05, 4.69) is 11.1 Å². The molecule has 0 bridgehead atoms. The third-order valence-corrected chi connectivity index (χ3v) is 5.70. The van der Waals surface area contributed by atoms with E-state index < -0.39 is 17.9 Å². The van der Waals surface area contributed by atoms with Gasteiger partial charge in [0.05, 0.1) is 43.7 Å². The number of imidazole rings is 1. The molecule has 0 amide bonds. The van der Waals surface area contributed by atoms with Crippen molar-refractivity contribution < 1.29 is 19.1 Å². The summed E-state index contributed by atoms with van der Waals surface area (Å²) in [5.41, 5.74) is 8.51. The van der Waals surface area contributed by atoms with Gasteiger partial charge in [-0.15, -0.1) is 0 Å². The van der Waals surface area contributed by atoms with Gasteiger partial charge in [-0.05, 0) is 23.3 Å². The van der Waals surface area contributed by atoms with Crippen LogP contribution in [-0.2, 0) is 25.6 Å². The molecule has 176 valence electrons. The van der Waals surface area contributed by atoms with Crippen molar-refractivity contribution >= 4 is 17.6 Å². The Bertz CT molecular complexity index is 1350. The van der Waals surface area contributed by atoms with Crippen LogP contribution < -0.4 is 10.6 Å². The second kappa shape index (κ2) is 9.97. The highest BCUT2D eigenvalue weighted by Gasteiger charge is 2.42. The molecule has 0 spiro atoms. The molecule has 0 saturated heterocycles. The predicted octanol–water partition coefficient (Wildman–Crippen LogP) is 2.83. The summed E-state index contributed by atoms with van der Waals surface area (Å²) in [5, 5.41) is 10.1. The topological polar surface area (TPSA) is 123 Å². The van der Waals surface area contributed by atoms with Crippen LogP contribution in [0.15, 0.2) is 96.0 Å². The molecule has 2 N–H and O–H groups in total. The molecular formula is C26H23N5O4. The van der Waals surface area contributed by atoms with Crippen LogP contribution in [0.1, 0.15) is 17.0 Å². The molecular weight excluding hydrogens is 446 g/mol. The Balaban J connectivity index is 1.96. The van der Waals surface area contributed by atoms with E-state index in [1.54, 1.807) is 48.9 Å². The maximum atomic E-state index is 13.1. The van der Waals surface area contributed by atoms with Crippen molar-refractivity contribution in [3.05, 3.63) is 107 Å². The lowest BCUT2D eigenvalue weighted by Crippen LogP contribution is -2.40. The fourth-order valence-electron chi connectivity index (χ4n) is 4.17. The van der Waals surface area contributed by atoms with Crippen molar-refractivity contribution in [2.75, 3.05) is 19.1 Å². The largest absolute Gasteiger partial charge is 0.466 e. The van der Waals surface area contributed by atoms with Gasteiger partial charge in [0.1, 0.15) is 11.5 Å². The fraction of sp³-hybridized carbons (Fsp3) is 0.154. The molecule has 35 heavy (non-hydrogen) atoms. The zero-order valence-electron chi connectivity index (χ0n) is 19.2. The van der Waals surface area contributed by atoms with E-state index in [1.807, 2.05) is 29.0 Å². The average molecular weight is 470 g/mol. The second-order valence-electron chi connectivity index (χ2n) is 7.74. The summed E-state index contributed by atoms with van der Waals surface area (Å²) >= 11 is 0. The minimum absolute atomic E-state index is 0.0224. The van der Waals surface area contributed by atoms with Gasteiger partial charge in [-0.1, -0.05) is 42.5 Å². The fourth-order valence-corrected chi connectivity index (χ4v) is 4.17. The number of nitrogens with zero attached hydrogens (tertiary/aromatic N) is 4. The second-order valence-corrected chi connectivity index (χ2v) is 7.74. The number of ether oxygens (including phenoxy) is 2. The van der Waals surface area contributed by atoms with Crippen LogP contribution >= 0.6 is 0 Å². The van der Waals surface area contributed by atoms with E-state index in [-0.39, 0.29) is 22.7 Å². The molecule has 1 atom stereocenters. The smallest absolute Gasteiger partial charge is 0.355 e. The minimum Gasteiger partial charge on any atom is -0.466 e. The highest BCUT2D eigenvalue weighted by molar-refractivity contribution is 6.06. The summed E-state index contributed by atoms with van der Waals surface area (Å²) in [4.78, 5) is 31.7. The number of methoxy groups -OCH3 is 2. The Labute approximate surface area is 202 Å². The highest BCUT2D eigenvalue weighted by atomic mass is 16.5. The van der Waals surface area contributed by atoms with Gasteiger partial charge >= 0.3 is 11.9 Å². The molecule has 1 unspecified atom stereocenters. The Hall–Kier alpha value is -4.84. The zero-order chi connectivity index (χ0) is 24.9. The van der Waals surface area contributed by atoms with Gasteiger partial charge in [0.2, 0.25) is 0 Å². The third-order valence-electron chi connectivity index (χ3n) is 5.70. The van der Waals surface area contributed by atoms with Crippen LogP contribution in [0.2, 0.25) is 0 Å². The lowest BCUT2D eigenvalue weighted by atomic mass is 9.81. The number of allylic oxidation sites excluding steroid dienone is 1. The summed E-state index contributed by atoms with van der Waals surface area (Å²) in [7, 11) is 2.44. The van der Waals surface area contributed by atoms with Gasteiger partial charge in [-0.3, -0.25) is 4.90 Å². The van der Waals surface area contributed by atoms with E-state index in [9.17, 15) is 14.9 Å². The van der Waals surface area contributed by atoms with Gasteiger partial charge in [0.25, 0.3) is 0 Å². The van der Waals surface area contributed by atoms with Crippen molar-refractivity contribution in [2.24, 2.45) is 5.73 Å². The number of hydrogen-bond donors (Lipinski definition) is 1. The van der Waals surface area contributed by atoms with Gasteiger partial charge in [-0.25, -0.2) is 14.6 Å². The molecule has 9 nitrogen and oxygen atoms in total. The molecule has 2 aromatic carbocycles. The minimum atomic E-state index is -0.909. The standard InChI is InChI=1S/C26H23N5O4/c1-34-25(32)22-21(18-8-4-3-5-9-18)20(14-27)24(28)31(23(22)26(33)35-2)19-10-6-7-17(13-19)15-30-12-11-29-16-30/h3-13,16,21H,15,28H2,1-2H3. The number of aromatic nitrogens is 2. The van der Waals surface area contributed by atoms with Crippen LogP contribution in [0.3, 0.4) is 0 Å². The molecule has 1 aromatic heterocycles. The SMILES string of the molecule is COC(=O)C1=C(C(=O)OC)N(c2cccc(Cn3ccnc3)c2)C(N)=C(C#N)C1c1ccccc1. The number of hydrogen-bond acceptors (Lipinski definition) is 8. The Kier molecular flexibility index (Phi) is 6.64. The van der Waals surface area contributed by atoms with Crippen molar-refractivity contribution in [3.8, 4) is 6.07 Å². The number of esters is 2. The van der Waals surface area contributed by atoms with Crippen LogP contribution in [0, 0.1) is 11.3 Å². The normalized spacial score (nSPS) is 15.6. The predicted molar refractivity (Wildman–Crippen MR) is 127 cm³/mol. The molecule has 2 heterocycles. The lowest BCUT2D eigenvalue weighted by molar-refractivity contribution is -0.139. The number of nitriles is 1. The molecule has 0 radical (unpaired) electrons. The Morgan fingerprint density at radius 2 is 1.83 bits per heavy atom. The molecule has 0 aliphatic carbocycles. The van der Waals surface area contributed by atoms with Crippen LogP contribution in [0.25, 0.3) is 0 Å². The molecule has 4 rings (SSSR count). The van der Waals surface area contributed by atoms with Gasteiger partial charge in [0.15, 0.2) is 0 Å². The van der Waals surface area contributed by atoms with E-state index in [0.717, 1.165) is 5.56 Å². The van der Waals surface area contributed by atoms with Crippen molar-refractivity contribution in [1.82, 2.24) is 9.55 Å². The first-order valence-electron chi connectivity index (χ1n) is 10.7. The van der Waals surface area contributed by atoms with Crippen molar-refractivity contribution in [3.63, 3.8) is 0 Å². The summed E-state index contributed by atoms with van der Waals surface area (Å²) in [6.45, 7) is 0.518. The van der Waals surface area contributed by atoms with Crippen LogP contribution in [-0.4, -0.2) is 35.7 Å². The number of nitrogens with two attached hydrogens (primary N) is 1. The molecule has 1 aliphatic rings. The maximum absolute atomic E-state index is 13.1. The summed E-state index contributed by atoms with van der Waals surface area (Å²) in [6.07, 6.45) is 5.20. The quantitative estimate of drug-likeness (QED) is 0.547. The average Bonchev–Trinajstić information content (AvgIpc) is 3.40. The molecule has 3 aromatic rings. The number of rotatable bonds is 6. The molecule has 1 aliphatic heterocycles. The van der Waals surface area contributed by atoms with Crippen molar-refractivity contribution in [1.29, 1.82) is 5.26 Å². The molecule has 0 saturated carbocycles. The number of carbonyl (C=O) groups is 2. The Morgan fingerprint density at radius 3 is 2.46 bits per heavy atom. The van der Waals surface area contributed by atoms with Crippen molar-refractivity contribution in [2.45, 2.75) is 12.5 Å². The first kappa shape index (κ1) is 23.3. The van der Waals surface area contributed by atoms with Gasteiger partial charge in [0, 0.05) is 24.6 Å². The summed E-state index contributed by atoms with van der Waals surface area (Å²) in [6, 6.07) is 18.3. The van der Waals surface area contributed by atoms with Crippen LogP contribution in [0.4, 0.5) is 5.69 Å².